The molecule has 0 aliphatic rings. The second-order valence-corrected chi connectivity index (χ2v) is 4.37. The monoisotopic (exact) mass is 264 g/mol. The van der Waals surface area contributed by atoms with Gasteiger partial charge in [0.1, 0.15) is 0 Å². The Morgan fingerprint density at radius 2 is 1.89 bits per heavy atom. The summed E-state index contributed by atoms with van der Waals surface area (Å²) in [5.74, 6) is -2.20. The van der Waals surface area contributed by atoms with Gasteiger partial charge in [-0.2, -0.15) is 0 Å². The zero-order chi connectivity index (χ0) is 14.4. The Balaban J connectivity index is 2.67. The number of carboxylic acid groups (broad SMARTS) is 1. The number of nitrogens with two attached hydrogens (primary N) is 1. The summed E-state index contributed by atoms with van der Waals surface area (Å²) in [7, 11) is 0. The van der Waals surface area contributed by atoms with Crippen molar-refractivity contribution < 1.29 is 19.5 Å². The predicted molar refractivity (Wildman–Crippen MR) is 69.6 cm³/mol. The quantitative estimate of drug-likeness (QED) is 0.717. The first-order valence-electron chi connectivity index (χ1n) is 5.80. The summed E-state index contributed by atoms with van der Waals surface area (Å²) in [5.41, 5.74) is 5.75. The zero-order valence-electron chi connectivity index (χ0n) is 10.6. The Morgan fingerprint density at radius 3 is 2.47 bits per heavy atom. The van der Waals surface area contributed by atoms with Gasteiger partial charge in [-0.05, 0) is 18.1 Å². The van der Waals surface area contributed by atoms with E-state index < -0.39 is 11.9 Å². The molecule has 6 heteroatoms. The standard InChI is InChI=1S/C13H16N2O4/c1-8(7-12(17)18)6-11(16)15-10-5-3-2-4-9(10)13(14)19/h2-5,8H,6-7H2,1H3,(H2,14,19)(H,15,16)(H,17,18). The summed E-state index contributed by atoms with van der Waals surface area (Å²) in [5, 5.41) is 11.2. The Hall–Kier alpha value is -2.37. The Morgan fingerprint density at radius 1 is 1.26 bits per heavy atom. The first-order chi connectivity index (χ1) is 8.90. The maximum atomic E-state index is 11.7. The molecular weight excluding hydrogens is 248 g/mol. The van der Waals surface area contributed by atoms with Gasteiger partial charge in [-0.3, -0.25) is 14.4 Å². The van der Waals surface area contributed by atoms with Crippen molar-refractivity contribution in [2.45, 2.75) is 19.8 Å². The van der Waals surface area contributed by atoms with Gasteiger partial charge in [0.15, 0.2) is 0 Å². The zero-order valence-corrected chi connectivity index (χ0v) is 10.6. The molecule has 1 atom stereocenters. The van der Waals surface area contributed by atoms with Crippen molar-refractivity contribution in [1.82, 2.24) is 0 Å². The lowest BCUT2D eigenvalue weighted by Crippen LogP contribution is -2.20. The van der Waals surface area contributed by atoms with E-state index in [-0.39, 0.29) is 30.2 Å². The number of amides is 2. The minimum Gasteiger partial charge on any atom is -0.481 e. The lowest BCUT2D eigenvalue weighted by Gasteiger charge is -2.11. The van der Waals surface area contributed by atoms with Crippen LogP contribution in [0.2, 0.25) is 0 Å². The van der Waals surface area contributed by atoms with Crippen LogP contribution in [0, 0.1) is 5.92 Å². The van der Waals surface area contributed by atoms with E-state index in [1.165, 1.54) is 6.07 Å². The van der Waals surface area contributed by atoms with Crippen molar-refractivity contribution in [3.63, 3.8) is 0 Å². The predicted octanol–water partition coefficient (Wildman–Crippen LogP) is 1.22. The third kappa shape index (κ3) is 4.79. The smallest absolute Gasteiger partial charge is 0.303 e. The fourth-order valence-corrected chi connectivity index (χ4v) is 1.69. The van der Waals surface area contributed by atoms with Crippen LogP contribution in [0.25, 0.3) is 0 Å². The molecule has 1 unspecified atom stereocenters. The molecule has 4 N–H and O–H groups in total. The number of para-hydroxylation sites is 1. The molecule has 0 heterocycles. The van der Waals surface area contributed by atoms with Gasteiger partial charge in [-0.25, -0.2) is 0 Å². The van der Waals surface area contributed by atoms with E-state index in [0.29, 0.717) is 5.69 Å². The summed E-state index contributed by atoms with van der Waals surface area (Å²) in [6.07, 6.45) is -0.00964. The number of carboxylic acids is 1. The third-order valence-corrected chi connectivity index (χ3v) is 2.52. The van der Waals surface area contributed by atoms with Gasteiger partial charge in [-0.1, -0.05) is 19.1 Å². The average molecular weight is 264 g/mol. The second kappa shape index (κ2) is 6.53. The molecule has 0 aliphatic carbocycles. The van der Waals surface area contributed by atoms with E-state index >= 15 is 0 Å². The highest BCUT2D eigenvalue weighted by Crippen LogP contribution is 2.16. The van der Waals surface area contributed by atoms with Crippen LogP contribution < -0.4 is 11.1 Å². The van der Waals surface area contributed by atoms with Crippen LogP contribution in [0.4, 0.5) is 5.69 Å². The van der Waals surface area contributed by atoms with Crippen molar-refractivity contribution in [3.8, 4) is 0 Å². The highest BCUT2D eigenvalue weighted by molar-refractivity contribution is 6.03. The lowest BCUT2D eigenvalue weighted by molar-refractivity contribution is -0.138. The van der Waals surface area contributed by atoms with Crippen LogP contribution in [0.15, 0.2) is 24.3 Å². The Bertz CT molecular complexity index is 499. The normalized spacial score (nSPS) is 11.6. The Labute approximate surface area is 110 Å². The molecule has 0 aliphatic heterocycles. The van der Waals surface area contributed by atoms with E-state index in [1.54, 1.807) is 25.1 Å². The molecule has 0 bridgehead atoms. The Kier molecular flexibility index (Phi) is 5.05. The molecule has 0 saturated carbocycles. The summed E-state index contributed by atoms with van der Waals surface area (Å²) in [4.78, 5) is 33.4. The third-order valence-electron chi connectivity index (χ3n) is 2.52. The molecule has 6 nitrogen and oxygen atoms in total. The molecule has 1 rings (SSSR count). The van der Waals surface area contributed by atoms with Crippen molar-refractivity contribution in [2.24, 2.45) is 11.7 Å². The topological polar surface area (TPSA) is 109 Å². The van der Waals surface area contributed by atoms with Gasteiger partial charge in [0.05, 0.1) is 11.3 Å². The van der Waals surface area contributed by atoms with Gasteiger partial charge in [0, 0.05) is 12.8 Å². The molecule has 0 radical (unpaired) electrons. The first-order valence-corrected chi connectivity index (χ1v) is 5.80. The van der Waals surface area contributed by atoms with Crippen LogP contribution in [0.1, 0.15) is 30.1 Å². The van der Waals surface area contributed by atoms with E-state index in [4.69, 9.17) is 10.8 Å². The van der Waals surface area contributed by atoms with Crippen LogP contribution in [-0.4, -0.2) is 22.9 Å². The summed E-state index contributed by atoms with van der Waals surface area (Å²) < 4.78 is 0. The molecule has 0 spiro atoms. The number of carbonyl (C=O) groups excluding carboxylic acids is 2. The first kappa shape index (κ1) is 14.7. The second-order valence-electron chi connectivity index (χ2n) is 4.37. The van der Waals surface area contributed by atoms with Gasteiger partial charge >= 0.3 is 5.97 Å². The highest BCUT2D eigenvalue weighted by atomic mass is 16.4. The van der Waals surface area contributed by atoms with E-state index in [2.05, 4.69) is 5.32 Å². The van der Waals surface area contributed by atoms with Gasteiger partial charge < -0.3 is 16.2 Å². The lowest BCUT2D eigenvalue weighted by atomic mass is 10.0. The summed E-state index contributed by atoms with van der Waals surface area (Å²) >= 11 is 0. The molecule has 1 aromatic rings. The molecule has 1 aromatic carbocycles. The number of rotatable bonds is 6. The van der Waals surface area contributed by atoms with Gasteiger partial charge in [-0.15, -0.1) is 0 Å². The molecule has 0 saturated heterocycles. The van der Waals surface area contributed by atoms with Crippen LogP contribution in [-0.2, 0) is 9.59 Å². The average Bonchev–Trinajstić information content (AvgIpc) is 2.27. The number of primary amides is 1. The number of anilines is 1. The maximum Gasteiger partial charge on any atom is 0.303 e. The molecule has 19 heavy (non-hydrogen) atoms. The number of hydrogen-bond donors (Lipinski definition) is 3. The van der Waals surface area contributed by atoms with Crippen molar-refractivity contribution in [2.75, 3.05) is 5.32 Å². The van der Waals surface area contributed by atoms with E-state index in [0.717, 1.165) is 0 Å². The molecular formula is C13H16N2O4. The van der Waals surface area contributed by atoms with Crippen LogP contribution in [0.3, 0.4) is 0 Å². The number of benzene rings is 1. The summed E-state index contributed by atoms with van der Waals surface area (Å²) in [6.45, 7) is 1.67. The minimum atomic E-state index is -0.946. The molecule has 0 fully saturated rings. The number of hydrogen-bond acceptors (Lipinski definition) is 3. The van der Waals surface area contributed by atoms with Crippen molar-refractivity contribution in [3.05, 3.63) is 29.8 Å². The van der Waals surface area contributed by atoms with E-state index in [9.17, 15) is 14.4 Å². The van der Waals surface area contributed by atoms with E-state index in [1.807, 2.05) is 0 Å². The largest absolute Gasteiger partial charge is 0.481 e. The SMILES string of the molecule is CC(CC(=O)O)CC(=O)Nc1ccccc1C(N)=O. The van der Waals surface area contributed by atoms with Gasteiger partial charge in [0.2, 0.25) is 5.91 Å². The van der Waals surface area contributed by atoms with Gasteiger partial charge in [0.25, 0.3) is 5.91 Å². The number of carbonyl (C=O) groups is 3. The molecule has 102 valence electrons. The molecule has 0 aromatic heterocycles. The van der Waals surface area contributed by atoms with Crippen molar-refractivity contribution in [1.29, 1.82) is 0 Å². The summed E-state index contributed by atoms with van der Waals surface area (Å²) in [6, 6.07) is 6.39. The molecule has 2 amide bonds. The maximum absolute atomic E-state index is 11.7. The minimum absolute atomic E-state index is 0.0688. The number of nitrogens with one attached hydrogen (secondary N) is 1. The van der Waals surface area contributed by atoms with Crippen molar-refractivity contribution >= 4 is 23.5 Å². The fourth-order valence-electron chi connectivity index (χ4n) is 1.69. The van der Waals surface area contributed by atoms with Crippen LogP contribution >= 0.6 is 0 Å². The van der Waals surface area contributed by atoms with Crippen LogP contribution in [0.5, 0.6) is 0 Å². The fraction of sp³-hybridized carbons (Fsp3) is 0.308. The number of aliphatic carboxylic acids is 1. The highest BCUT2D eigenvalue weighted by Gasteiger charge is 2.14.